The average Bonchev–Trinajstić information content (AvgIpc) is 3.30. The van der Waals surface area contributed by atoms with Gasteiger partial charge in [-0.05, 0) is 42.3 Å². The molecule has 1 aromatic heterocycles. The van der Waals surface area contributed by atoms with Crippen molar-refractivity contribution in [1.82, 2.24) is 15.6 Å². The number of rotatable bonds is 9. The van der Waals surface area contributed by atoms with Gasteiger partial charge in [-0.1, -0.05) is 75.8 Å². The lowest BCUT2D eigenvalue weighted by Gasteiger charge is -2.09. The highest BCUT2D eigenvalue weighted by Gasteiger charge is 2.13. The molecule has 0 fully saturated rings. The number of aromatic nitrogens is 2. The van der Waals surface area contributed by atoms with Gasteiger partial charge in [0.2, 0.25) is 11.0 Å². The van der Waals surface area contributed by atoms with E-state index in [0.29, 0.717) is 33.6 Å². The molecular weight excluding hydrogens is 542 g/mol. The molecule has 8 nitrogen and oxygen atoms in total. The van der Waals surface area contributed by atoms with E-state index in [1.165, 1.54) is 6.21 Å². The zero-order chi connectivity index (χ0) is 25.3. The summed E-state index contributed by atoms with van der Waals surface area (Å²) in [5.41, 5.74) is 5.66. The van der Waals surface area contributed by atoms with Crippen LogP contribution in [0.4, 0.5) is 5.13 Å². The number of carbonyl (C=O) groups excluding carboxylic acids is 2. The van der Waals surface area contributed by atoms with Crippen LogP contribution in [0.15, 0.2) is 82.4 Å². The lowest BCUT2D eigenvalue weighted by molar-refractivity contribution is -0.120. The van der Waals surface area contributed by atoms with Gasteiger partial charge in [0.1, 0.15) is 17.4 Å². The number of hydrazone groups is 1. The van der Waals surface area contributed by atoms with E-state index in [1.54, 1.807) is 12.1 Å². The van der Waals surface area contributed by atoms with Crippen molar-refractivity contribution in [3.05, 3.63) is 105 Å². The van der Waals surface area contributed by atoms with E-state index in [0.717, 1.165) is 26.9 Å². The fourth-order valence-corrected chi connectivity index (χ4v) is 4.32. The Hall–Kier alpha value is -3.89. The molecule has 3 aromatic carbocycles. The molecule has 2 N–H and O–H groups in total. The van der Waals surface area contributed by atoms with Crippen LogP contribution in [0, 0.1) is 6.92 Å². The fourth-order valence-electron chi connectivity index (χ4n) is 3.21. The van der Waals surface area contributed by atoms with Crippen LogP contribution in [0.25, 0.3) is 0 Å². The van der Waals surface area contributed by atoms with E-state index >= 15 is 0 Å². The van der Waals surface area contributed by atoms with Crippen molar-refractivity contribution >= 4 is 50.4 Å². The lowest BCUT2D eigenvalue weighted by atomic mass is 10.1. The van der Waals surface area contributed by atoms with E-state index in [4.69, 9.17) is 4.74 Å². The molecule has 10 heteroatoms. The first-order chi connectivity index (χ1) is 17.5. The second-order valence-corrected chi connectivity index (χ2v) is 9.67. The summed E-state index contributed by atoms with van der Waals surface area (Å²) in [5.74, 6) is 0.00306. The second-order valence-electron chi connectivity index (χ2n) is 7.70. The maximum atomic E-state index is 12.4. The predicted molar refractivity (Wildman–Crippen MR) is 143 cm³/mol. The second kappa shape index (κ2) is 12.2. The molecule has 0 saturated heterocycles. The Balaban J connectivity index is 1.32. The van der Waals surface area contributed by atoms with Crippen molar-refractivity contribution < 1.29 is 14.3 Å². The Labute approximate surface area is 220 Å². The summed E-state index contributed by atoms with van der Waals surface area (Å²) in [5, 5.41) is 15.5. The largest absolute Gasteiger partial charge is 0.488 e. The SMILES string of the molecule is Cc1ccccc1C(=O)Nc1nnc(CC(=O)N/N=C/c2cc(Br)ccc2OCc2ccccc2)s1. The van der Waals surface area contributed by atoms with Gasteiger partial charge in [-0.25, -0.2) is 5.43 Å². The molecule has 0 spiro atoms. The van der Waals surface area contributed by atoms with Crippen molar-refractivity contribution in [1.29, 1.82) is 0 Å². The topological polar surface area (TPSA) is 106 Å². The minimum absolute atomic E-state index is 0.0227. The Bertz CT molecular complexity index is 1390. The summed E-state index contributed by atoms with van der Waals surface area (Å²) in [6, 6.07) is 22.7. The summed E-state index contributed by atoms with van der Waals surface area (Å²) in [6.07, 6.45) is 1.50. The molecule has 0 bridgehead atoms. The number of benzene rings is 3. The molecule has 1 heterocycles. The van der Waals surface area contributed by atoms with E-state index < -0.39 is 0 Å². The van der Waals surface area contributed by atoms with Crippen molar-refractivity contribution in [3.63, 3.8) is 0 Å². The minimum atomic E-state index is -0.360. The van der Waals surface area contributed by atoms with Crippen LogP contribution in [0.5, 0.6) is 5.75 Å². The first-order valence-electron chi connectivity index (χ1n) is 11.0. The summed E-state index contributed by atoms with van der Waals surface area (Å²) >= 11 is 4.58. The molecule has 0 unspecified atom stereocenters. The standard InChI is InChI=1S/C26H22BrN5O3S/c1-17-7-5-6-10-21(17)25(34)29-26-32-31-24(36-26)14-23(33)30-28-15-19-13-20(27)11-12-22(19)35-16-18-8-3-2-4-9-18/h2-13,15H,14,16H2,1H3,(H,30,33)(H,29,32,34)/b28-15+. The molecule has 36 heavy (non-hydrogen) atoms. The molecule has 0 aliphatic heterocycles. The smallest absolute Gasteiger partial charge is 0.257 e. The van der Waals surface area contributed by atoms with Crippen LogP contribution in [0.3, 0.4) is 0 Å². The van der Waals surface area contributed by atoms with Gasteiger partial charge in [0.25, 0.3) is 5.91 Å². The van der Waals surface area contributed by atoms with Crippen LogP contribution in [-0.2, 0) is 17.8 Å². The van der Waals surface area contributed by atoms with Gasteiger partial charge in [0.15, 0.2) is 0 Å². The van der Waals surface area contributed by atoms with Gasteiger partial charge in [0, 0.05) is 15.6 Å². The highest BCUT2D eigenvalue weighted by molar-refractivity contribution is 9.10. The number of nitrogens with zero attached hydrogens (tertiary/aromatic N) is 3. The third-order valence-corrected chi connectivity index (χ3v) is 6.32. The molecule has 0 saturated carbocycles. The number of anilines is 1. The molecule has 0 radical (unpaired) electrons. The van der Waals surface area contributed by atoms with Crippen LogP contribution in [-0.4, -0.2) is 28.2 Å². The number of amides is 2. The molecule has 0 aliphatic carbocycles. The molecule has 0 aliphatic rings. The summed E-state index contributed by atoms with van der Waals surface area (Å²) in [4.78, 5) is 24.8. The molecule has 4 rings (SSSR count). The summed E-state index contributed by atoms with van der Waals surface area (Å²) in [6.45, 7) is 2.27. The first kappa shape index (κ1) is 25.2. The molecule has 4 aromatic rings. The summed E-state index contributed by atoms with van der Waals surface area (Å²) < 4.78 is 6.79. The Morgan fingerprint density at radius 2 is 1.83 bits per heavy atom. The highest BCUT2D eigenvalue weighted by Crippen LogP contribution is 2.23. The number of hydrogen-bond donors (Lipinski definition) is 2. The van der Waals surface area contributed by atoms with E-state index in [2.05, 4.69) is 42.0 Å². The fraction of sp³-hybridized carbons (Fsp3) is 0.115. The zero-order valence-electron chi connectivity index (χ0n) is 19.3. The number of ether oxygens (including phenoxy) is 1. The predicted octanol–water partition coefficient (Wildman–Crippen LogP) is 5.13. The number of aryl methyl sites for hydroxylation is 1. The quantitative estimate of drug-likeness (QED) is 0.217. The van der Waals surface area contributed by atoms with Crippen LogP contribution in [0.2, 0.25) is 0 Å². The van der Waals surface area contributed by atoms with Crippen LogP contribution < -0.4 is 15.5 Å². The molecule has 2 amide bonds. The maximum Gasteiger partial charge on any atom is 0.257 e. The number of hydrogen-bond acceptors (Lipinski definition) is 7. The van der Waals surface area contributed by atoms with Gasteiger partial charge in [0.05, 0.1) is 12.6 Å². The van der Waals surface area contributed by atoms with Crippen molar-refractivity contribution in [3.8, 4) is 5.75 Å². The molecule has 0 atom stereocenters. The molecule has 182 valence electrons. The van der Waals surface area contributed by atoms with Gasteiger partial charge in [-0.3, -0.25) is 14.9 Å². The van der Waals surface area contributed by atoms with Gasteiger partial charge in [-0.2, -0.15) is 5.10 Å². The van der Waals surface area contributed by atoms with Crippen LogP contribution in [0.1, 0.15) is 32.1 Å². The normalized spacial score (nSPS) is 10.8. The summed E-state index contributed by atoms with van der Waals surface area (Å²) in [7, 11) is 0. The Kier molecular flexibility index (Phi) is 8.53. The Morgan fingerprint density at radius 3 is 2.64 bits per heavy atom. The monoisotopic (exact) mass is 563 g/mol. The number of carbonyl (C=O) groups is 2. The lowest BCUT2D eigenvalue weighted by Crippen LogP contribution is -2.19. The minimum Gasteiger partial charge on any atom is -0.488 e. The highest BCUT2D eigenvalue weighted by atomic mass is 79.9. The van der Waals surface area contributed by atoms with Crippen molar-refractivity contribution in [2.75, 3.05) is 5.32 Å². The van der Waals surface area contributed by atoms with E-state index in [-0.39, 0.29) is 18.2 Å². The first-order valence-corrected chi connectivity index (χ1v) is 12.6. The van der Waals surface area contributed by atoms with Gasteiger partial charge in [-0.15, -0.1) is 10.2 Å². The van der Waals surface area contributed by atoms with Crippen molar-refractivity contribution in [2.45, 2.75) is 20.0 Å². The average molecular weight is 564 g/mol. The third-order valence-electron chi connectivity index (χ3n) is 4.99. The van der Waals surface area contributed by atoms with Crippen LogP contribution >= 0.6 is 27.3 Å². The van der Waals surface area contributed by atoms with E-state index in [9.17, 15) is 9.59 Å². The Morgan fingerprint density at radius 1 is 1.06 bits per heavy atom. The zero-order valence-corrected chi connectivity index (χ0v) is 21.7. The van der Waals surface area contributed by atoms with Crippen molar-refractivity contribution in [2.24, 2.45) is 5.10 Å². The maximum absolute atomic E-state index is 12.4. The van der Waals surface area contributed by atoms with Gasteiger partial charge >= 0.3 is 0 Å². The van der Waals surface area contributed by atoms with Gasteiger partial charge < -0.3 is 4.74 Å². The third kappa shape index (κ3) is 7.06. The number of halogens is 1. The van der Waals surface area contributed by atoms with E-state index in [1.807, 2.05) is 67.6 Å². The molecular formula is C26H22BrN5O3S. The number of nitrogens with one attached hydrogen (secondary N) is 2.